The first-order valence-corrected chi connectivity index (χ1v) is 13.6. The molecule has 2 fully saturated rings. The van der Waals surface area contributed by atoms with Crippen molar-refractivity contribution in [3.8, 4) is 11.5 Å². The van der Waals surface area contributed by atoms with Crippen LogP contribution in [0.3, 0.4) is 0 Å². The molecule has 0 saturated carbocycles. The number of halogens is 4. The van der Waals surface area contributed by atoms with Crippen LogP contribution in [0.5, 0.6) is 11.5 Å². The van der Waals surface area contributed by atoms with Crippen molar-refractivity contribution in [3.63, 3.8) is 0 Å². The fraction of sp³-hybridized carbons (Fsp3) is 0.414. The standard InChI is InChI=1S/C29H31F4N5O4/c1-18(27(39)36-26-5-3-22(15-34-26)42-25-4-2-21(30)13-24(25)31)38-7-6-29(32,33)23(17-38)19-12-20(28(40)35-14-19)16-37-8-10-41-11-9-37/h2-5,12-15,18,23H,6-11,16-17H2,1H3,(H,35,40)(H,34,36,39)/t18-,23+/m0/s1. The molecule has 2 aliphatic heterocycles. The van der Waals surface area contributed by atoms with Crippen molar-refractivity contribution < 1.29 is 31.8 Å². The molecule has 2 N–H and O–H groups in total. The lowest BCUT2D eigenvalue weighted by molar-refractivity contribution is -0.125. The fourth-order valence-corrected chi connectivity index (χ4v) is 5.09. The van der Waals surface area contributed by atoms with Gasteiger partial charge in [0.15, 0.2) is 11.6 Å². The van der Waals surface area contributed by atoms with Gasteiger partial charge < -0.3 is 19.8 Å². The van der Waals surface area contributed by atoms with Crippen LogP contribution in [0.2, 0.25) is 0 Å². The summed E-state index contributed by atoms with van der Waals surface area (Å²) < 4.78 is 68.0. The molecule has 4 heterocycles. The zero-order valence-corrected chi connectivity index (χ0v) is 22.9. The van der Waals surface area contributed by atoms with E-state index in [2.05, 4.69) is 15.3 Å². The molecule has 2 aromatic heterocycles. The van der Waals surface area contributed by atoms with E-state index in [0.717, 1.165) is 12.1 Å². The van der Waals surface area contributed by atoms with Crippen molar-refractivity contribution in [2.75, 3.05) is 44.7 Å². The number of carbonyl (C=O) groups excluding carboxylic acids is 1. The normalized spacial score (nSPS) is 20.2. The molecule has 0 aliphatic carbocycles. The Hall–Kier alpha value is -3.81. The first kappa shape index (κ1) is 29.7. The number of hydrogen-bond donors (Lipinski definition) is 2. The number of H-pyrrole nitrogens is 1. The smallest absolute Gasteiger partial charge is 0.257 e. The second kappa shape index (κ2) is 12.6. The second-order valence-electron chi connectivity index (χ2n) is 10.5. The second-order valence-corrected chi connectivity index (χ2v) is 10.5. The van der Waals surface area contributed by atoms with Crippen LogP contribution in [-0.4, -0.2) is 77.0 Å². The molecule has 13 heteroatoms. The Balaban J connectivity index is 1.23. The Bertz CT molecular complexity index is 1460. The van der Waals surface area contributed by atoms with E-state index in [9.17, 15) is 18.4 Å². The van der Waals surface area contributed by atoms with Crippen molar-refractivity contribution in [1.29, 1.82) is 0 Å². The molecular formula is C29H31F4N5O4. The van der Waals surface area contributed by atoms with Crippen molar-refractivity contribution >= 4 is 11.7 Å². The van der Waals surface area contributed by atoms with Gasteiger partial charge in [0.05, 0.1) is 31.4 Å². The summed E-state index contributed by atoms with van der Waals surface area (Å²) in [6.45, 7) is 4.29. The first-order chi connectivity index (χ1) is 20.1. The third-order valence-corrected chi connectivity index (χ3v) is 7.60. The molecule has 3 aromatic rings. The highest BCUT2D eigenvalue weighted by molar-refractivity contribution is 5.93. The minimum absolute atomic E-state index is 0.00547. The number of rotatable bonds is 8. The van der Waals surface area contributed by atoms with Crippen LogP contribution in [0.25, 0.3) is 0 Å². The van der Waals surface area contributed by atoms with Crippen LogP contribution in [-0.2, 0) is 16.1 Å². The quantitative estimate of drug-likeness (QED) is 0.382. The number of hydrogen-bond acceptors (Lipinski definition) is 7. The van der Waals surface area contributed by atoms with Crippen LogP contribution >= 0.6 is 0 Å². The summed E-state index contributed by atoms with van der Waals surface area (Å²) in [6, 6.07) is 6.60. The molecule has 0 bridgehead atoms. The highest BCUT2D eigenvalue weighted by Gasteiger charge is 2.46. The molecule has 2 atom stereocenters. The fourth-order valence-electron chi connectivity index (χ4n) is 5.09. The van der Waals surface area contributed by atoms with Gasteiger partial charge in [0.1, 0.15) is 17.4 Å². The number of benzene rings is 1. The molecule has 5 rings (SSSR count). The summed E-state index contributed by atoms with van der Waals surface area (Å²) in [5.41, 5.74) is 0.407. The number of nitrogens with zero attached hydrogens (tertiary/aromatic N) is 3. The number of piperidine rings is 1. The molecule has 2 saturated heterocycles. The SMILES string of the molecule is C[C@@H](C(=O)Nc1ccc(Oc2ccc(F)cc2F)cn1)N1CCC(F)(F)[C@@H](c2c[nH]c(=O)c(CN3CCOCC3)c2)C1. The number of likely N-dealkylation sites (tertiary alicyclic amines) is 1. The third-order valence-electron chi connectivity index (χ3n) is 7.60. The summed E-state index contributed by atoms with van der Waals surface area (Å²) in [5, 5.41) is 2.66. The maximum Gasteiger partial charge on any atom is 0.257 e. The zero-order valence-electron chi connectivity index (χ0n) is 22.9. The summed E-state index contributed by atoms with van der Waals surface area (Å²) in [5.74, 6) is -6.13. The summed E-state index contributed by atoms with van der Waals surface area (Å²) in [7, 11) is 0. The molecular weight excluding hydrogens is 558 g/mol. The van der Waals surface area contributed by atoms with Gasteiger partial charge >= 0.3 is 0 Å². The van der Waals surface area contributed by atoms with Gasteiger partial charge in [0.25, 0.3) is 11.5 Å². The van der Waals surface area contributed by atoms with Crippen LogP contribution in [0, 0.1) is 11.6 Å². The molecule has 224 valence electrons. The number of nitrogens with one attached hydrogen (secondary N) is 2. The molecule has 0 spiro atoms. The number of morpholine rings is 1. The lowest BCUT2D eigenvalue weighted by Gasteiger charge is -2.40. The van der Waals surface area contributed by atoms with Gasteiger partial charge in [-0.15, -0.1) is 0 Å². The van der Waals surface area contributed by atoms with Gasteiger partial charge in [0, 0.05) is 57.0 Å². The van der Waals surface area contributed by atoms with Crippen LogP contribution in [0.15, 0.2) is 53.6 Å². The van der Waals surface area contributed by atoms with Crippen LogP contribution < -0.4 is 15.6 Å². The molecule has 9 nitrogen and oxygen atoms in total. The van der Waals surface area contributed by atoms with Crippen molar-refractivity contribution in [3.05, 3.63) is 81.9 Å². The van der Waals surface area contributed by atoms with Crippen LogP contribution in [0.4, 0.5) is 23.4 Å². The van der Waals surface area contributed by atoms with Gasteiger partial charge in [-0.1, -0.05) is 0 Å². The monoisotopic (exact) mass is 589 g/mol. The molecule has 2 aliphatic rings. The predicted molar refractivity (Wildman–Crippen MR) is 146 cm³/mol. The van der Waals surface area contributed by atoms with Crippen molar-refractivity contribution in [1.82, 2.24) is 19.8 Å². The van der Waals surface area contributed by atoms with E-state index in [0.29, 0.717) is 50.0 Å². The molecule has 1 aromatic carbocycles. The summed E-state index contributed by atoms with van der Waals surface area (Å²) in [6.07, 6.45) is 2.16. The predicted octanol–water partition coefficient (Wildman–Crippen LogP) is 4.12. The number of carbonyl (C=O) groups is 1. The van der Waals surface area contributed by atoms with E-state index in [1.807, 2.05) is 4.90 Å². The Morgan fingerprint density at radius 2 is 1.98 bits per heavy atom. The number of aromatic amines is 1. The summed E-state index contributed by atoms with van der Waals surface area (Å²) >= 11 is 0. The minimum Gasteiger partial charge on any atom is -0.453 e. The van der Waals surface area contributed by atoms with Gasteiger partial charge in [-0.05, 0) is 42.8 Å². The lowest BCUT2D eigenvalue weighted by Crippen LogP contribution is -2.52. The van der Waals surface area contributed by atoms with Gasteiger partial charge in [0.2, 0.25) is 5.91 Å². The number of ether oxygens (including phenoxy) is 2. The summed E-state index contributed by atoms with van der Waals surface area (Å²) in [4.78, 5) is 35.9. The Kier molecular flexibility index (Phi) is 8.90. The Labute approximate surface area is 239 Å². The maximum absolute atomic E-state index is 15.2. The first-order valence-electron chi connectivity index (χ1n) is 13.6. The van der Waals surface area contributed by atoms with E-state index < -0.39 is 41.8 Å². The molecule has 42 heavy (non-hydrogen) atoms. The third kappa shape index (κ3) is 6.97. The van der Waals surface area contributed by atoms with E-state index in [4.69, 9.17) is 9.47 Å². The van der Waals surface area contributed by atoms with E-state index in [1.54, 1.807) is 17.9 Å². The Morgan fingerprint density at radius 3 is 2.69 bits per heavy atom. The van der Waals surface area contributed by atoms with Crippen molar-refractivity contribution in [2.24, 2.45) is 0 Å². The minimum atomic E-state index is -3.03. The highest BCUT2D eigenvalue weighted by atomic mass is 19.3. The molecule has 0 radical (unpaired) electrons. The zero-order chi connectivity index (χ0) is 29.9. The van der Waals surface area contributed by atoms with E-state index in [-0.39, 0.29) is 36.0 Å². The van der Waals surface area contributed by atoms with Gasteiger partial charge in [-0.25, -0.2) is 22.5 Å². The number of anilines is 1. The maximum atomic E-state index is 15.2. The number of alkyl halides is 2. The van der Waals surface area contributed by atoms with Crippen LogP contribution in [0.1, 0.15) is 30.4 Å². The van der Waals surface area contributed by atoms with E-state index >= 15 is 8.78 Å². The topological polar surface area (TPSA) is 99.8 Å². The number of pyridine rings is 2. The Morgan fingerprint density at radius 1 is 1.19 bits per heavy atom. The highest BCUT2D eigenvalue weighted by Crippen LogP contribution is 2.40. The molecule has 1 amide bonds. The number of aromatic nitrogens is 2. The van der Waals surface area contributed by atoms with E-state index in [1.165, 1.54) is 24.5 Å². The average molecular weight is 590 g/mol. The average Bonchev–Trinajstić information content (AvgIpc) is 2.97. The lowest BCUT2D eigenvalue weighted by atomic mass is 9.86. The van der Waals surface area contributed by atoms with Gasteiger partial charge in [-0.2, -0.15) is 0 Å². The number of amides is 1. The largest absolute Gasteiger partial charge is 0.453 e. The van der Waals surface area contributed by atoms with Crippen molar-refractivity contribution in [2.45, 2.75) is 37.8 Å². The van der Waals surface area contributed by atoms with Gasteiger partial charge in [-0.3, -0.25) is 19.4 Å². The molecule has 0 unspecified atom stereocenters.